The maximum atomic E-state index is 4.36. The molecule has 1 unspecified atom stereocenters. The van der Waals surface area contributed by atoms with E-state index >= 15 is 0 Å². The molecule has 1 aliphatic rings. The molecule has 0 bridgehead atoms. The number of anilines is 1. The van der Waals surface area contributed by atoms with Crippen molar-refractivity contribution in [1.82, 2.24) is 4.98 Å². The zero-order valence-corrected chi connectivity index (χ0v) is 8.11. The van der Waals surface area contributed by atoms with Crippen LogP contribution in [-0.2, 0) is 0 Å². The van der Waals surface area contributed by atoms with E-state index in [1.54, 1.807) is 0 Å². The van der Waals surface area contributed by atoms with Crippen molar-refractivity contribution in [2.75, 3.05) is 18.0 Å². The second-order valence-corrected chi connectivity index (χ2v) is 3.88. The summed E-state index contributed by atoms with van der Waals surface area (Å²) in [7, 11) is 0. The fourth-order valence-electron chi connectivity index (χ4n) is 1.94. The molecule has 1 saturated heterocycles. The zero-order chi connectivity index (χ0) is 9.10. The minimum atomic E-state index is 0.816. The van der Waals surface area contributed by atoms with Crippen LogP contribution in [0.2, 0.25) is 0 Å². The topological polar surface area (TPSA) is 16.1 Å². The largest absolute Gasteiger partial charge is 0.356 e. The van der Waals surface area contributed by atoms with E-state index in [0.29, 0.717) is 0 Å². The van der Waals surface area contributed by atoms with Crippen LogP contribution in [0.15, 0.2) is 24.4 Å². The first-order chi connectivity index (χ1) is 6.36. The minimum absolute atomic E-state index is 0.816. The van der Waals surface area contributed by atoms with Gasteiger partial charge in [0.15, 0.2) is 0 Å². The average molecular weight is 176 g/mol. The summed E-state index contributed by atoms with van der Waals surface area (Å²) in [4.78, 5) is 6.75. The van der Waals surface area contributed by atoms with Crippen LogP contribution in [0.3, 0.4) is 0 Å². The Labute approximate surface area is 79.6 Å². The Morgan fingerprint density at radius 3 is 3.08 bits per heavy atom. The van der Waals surface area contributed by atoms with Gasteiger partial charge in [0.05, 0.1) is 0 Å². The van der Waals surface area contributed by atoms with Crippen molar-refractivity contribution in [1.29, 1.82) is 0 Å². The fraction of sp³-hybridized carbons (Fsp3) is 0.545. The summed E-state index contributed by atoms with van der Waals surface area (Å²) in [5.74, 6) is 1.95. The van der Waals surface area contributed by atoms with Crippen LogP contribution < -0.4 is 4.90 Å². The van der Waals surface area contributed by atoms with E-state index in [0.717, 1.165) is 18.3 Å². The quantitative estimate of drug-likeness (QED) is 0.652. The number of hydrogen-bond donors (Lipinski definition) is 0. The SMILES string of the molecule is CC1CCCN(c2ccccn2)C1. The van der Waals surface area contributed by atoms with Crippen molar-refractivity contribution >= 4 is 5.82 Å². The van der Waals surface area contributed by atoms with E-state index in [4.69, 9.17) is 0 Å². The zero-order valence-electron chi connectivity index (χ0n) is 8.11. The number of nitrogens with zero attached hydrogens (tertiary/aromatic N) is 2. The van der Waals surface area contributed by atoms with Gasteiger partial charge in [0.2, 0.25) is 0 Å². The Bertz CT molecular complexity index is 258. The van der Waals surface area contributed by atoms with Crippen LogP contribution in [-0.4, -0.2) is 18.1 Å². The molecular formula is C11H16N2. The molecule has 0 amide bonds. The average Bonchev–Trinajstić information content (AvgIpc) is 2.19. The van der Waals surface area contributed by atoms with E-state index in [9.17, 15) is 0 Å². The molecule has 0 aromatic carbocycles. The summed E-state index contributed by atoms with van der Waals surface area (Å²) < 4.78 is 0. The monoisotopic (exact) mass is 176 g/mol. The van der Waals surface area contributed by atoms with Crippen LogP contribution in [0.25, 0.3) is 0 Å². The van der Waals surface area contributed by atoms with Crippen molar-refractivity contribution in [2.45, 2.75) is 19.8 Å². The Morgan fingerprint density at radius 1 is 1.46 bits per heavy atom. The molecule has 0 radical (unpaired) electrons. The third-order valence-electron chi connectivity index (χ3n) is 2.63. The van der Waals surface area contributed by atoms with Crippen molar-refractivity contribution in [2.24, 2.45) is 5.92 Å². The van der Waals surface area contributed by atoms with Gasteiger partial charge < -0.3 is 4.90 Å². The molecular weight excluding hydrogens is 160 g/mol. The van der Waals surface area contributed by atoms with Crippen molar-refractivity contribution in [3.8, 4) is 0 Å². The molecule has 70 valence electrons. The highest BCUT2D eigenvalue weighted by Gasteiger charge is 2.16. The highest BCUT2D eigenvalue weighted by Crippen LogP contribution is 2.20. The summed E-state index contributed by atoms with van der Waals surface area (Å²) in [6.07, 6.45) is 4.54. The Kier molecular flexibility index (Phi) is 2.48. The minimum Gasteiger partial charge on any atom is -0.356 e. The van der Waals surface area contributed by atoms with Crippen molar-refractivity contribution < 1.29 is 0 Å². The van der Waals surface area contributed by atoms with Gasteiger partial charge in [-0.15, -0.1) is 0 Å². The van der Waals surface area contributed by atoms with Crippen LogP contribution in [0.4, 0.5) is 5.82 Å². The van der Waals surface area contributed by atoms with Crippen molar-refractivity contribution in [3.63, 3.8) is 0 Å². The fourth-order valence-corrected chi connectivity index (χ4v) is 1.94. The van der Waals surface area contributed by atoms with Gasteiger partial charge in [-0.1, -0.05) is 13.0 Å². The predicted molar refractivity (Wildman–Crippen MR) is 54.8 cm³/mol. The molecule has 13 heavy (non-hydrogen) atoms. The van der Waals surface area contributed by atoms with Crippen LogP contribution in [0.5, 0.6) is 0 Å². The number of piperidine rings is 1. The molecule has 1 aromatic heterocycles. The normalized spacial score (nSPS) is 23.2. The Morgan fingerprint density at radius 2 is 2.38 bits per heavy atom. The number of rotatable bonds is 1. The third kappa shape index (κ3) is 2.00. The Hall–Kier alpha value is -1.05. The Balaban J connectivity index is 2.08. The summed E-state index contributed by atoms with van der Waals surface area (Å²) >= 11 is 0. The van der Waals surface area contributed by atoms with Gasteiger partial charge in [-0.3, -0.25) is 0 Å². The predicted octanol–water partition coefficient (Wildman–Crippen LogP) is 2.32. The second-order valence-electron chi connectivity index (χ2n) is 3.88. The van der Waals surface area contributed by atoms with Crippen molar-refractivity contribution in [3.05, 3.63) is 24.4 Å². The molecule has 2 nitrogen and oxygen atoms in total. The van der Waals surface area contributed by atoms with Crippen LogP contribution in [0, 0.1) is 5.92 Å². The summed E-state index contributed by atoms with van der Waals surface area (Å²) in [6.45, 7) is 4.65. The number of aromatic nitrogens is 1. The summed E-state index contributed by atoms with van der Waals surface area (Å²) in [6, 6.07) is 6.12. The van der Waals surface area contributed by atoms with Crippen LogP contribution >= 0.6 is 0 Å². The molecule has 0 saturated carbocycles. The van der Waals surface area contributed by atoms with Gasteiger partial charge in [-0.25, -0.2) is 4.98 Å². The lowest BCUT2D eigenvalue weighted by Gasteiger charge is -2.31. The molecule has 0 spiro atoms. The van der Waals surface area contributed by atoms with Gasteiger partial charge in [-0.2, -0.15) is 0 Å². The summed E-state index contributed by atoms with van der Waals surface area (Å²) in [5, 5.41) is 0. The van der Waals surface area contributed by atoms with E-state index in [-0.39, 0.29) is 0 Å². The summed E-state index contributed by atoms with van der Waals surface area (Å²) in [5.41, 5.74) is 0. The maximum Gasteiger partial charge on any atom is 0.128 e. The van der Waals surface area contributed by atoms with Gasteiger partial charge in [0.1, 0.15) is 5.82 Å². The van der Waals surface area contributed by atoms with E-state index in [1.807, 2.05) is 12.3 Å². The van der Waals surface area contributed by atoms with E-state index < -0.39 is 0 Å². The van der Waals surface area contributed by atoms with Gasteiger partial charge in [0.25, 0.3) is 0 Å². The first-order valence-electron chi connectivity index (χ1n) is 5.02. The molecule has 0 N–H and O–H groups in total. The molecule has 1 aliphatic heterocycles. The molecule has 0 aliphatic carbocycles. The lowest BCUT2D eigenvalue weighted by molar-refractivity contribution is 0.444. The van der Waals surface area contributed by atoms with Gasteiger partial charge in [0, 0.05) is 19.3 Å². The molecule has 2 heteroatoms. The molecule has 2 rings (SSSR count). The lowest BCUT2D eigenvalue weighted by Crippen LogP contribution is -2.34. The first-order valence-corrected chi connectivity index (χ1v) is 5.02. The third-order valence-corrected chi connectivity index (χ3v) is 2.63. The molecule has 1 atom stereocenters. The van der Waals surface area contributed by atoms with Gasteiger partial charge >= 0.3 is 0 Å². The van der Waals surface area contributed by atoms with E-state index in [1.165, 1.54) is 19.4 Å². The highest BCUT2D eigenvalue weighted by molar-refractivity contribution is 5.37. The number of pyridine rings is 1. The second kappa shape index (κ2) is 3.77. The highest BCUT2D eigenvalue weighted by atomic mass is 15.2. The maximum absolute atomic E-state index is 4.36. The standard InChI is InChI=1S/C11H16N2/c1-10-5-4-8-13(9-10)11-6-2-3-7-12-11/h2-3,6-7,10H,4-5,8-9H2,1H3. The molecule has 1 aromatic rings. The van der Waals surface area contributed by atoms with Gasteiger partial charge in [-0.05, 0) is 30.9 Å². The lowest BCUT2D eigenvalue weighted by atomic mass is 10.0. The molecule has 2 heterocycles. The van der Waals surface area contributed by atoms with Crippen LogP contribution in [0.1, 0.15) is 19.8 Å². The van der Waals surface area contributed by atoms with E-state index in [2.05, 4.69) is 28.9 Å². The smallest absolute Gasteiger partial charge is 0.128 e. The number of hydrogen-bond acceptors (Lipinski definition) is 2. The molecule has 1 fully saturated rings. The first kappa shape index (κ1) is 8.54.